The van der Waals surface area contributed by atoms with Crippen LogP contribution in [-0.4, -0.2) is 69.6 Å². The Morgan fingerprint density at radius 1 is 1.05 bits per heavy atom. The molecule has 0 saturated heterocycles. The van der Waals surface area contributed by atoms with Gasteiger partial charge in [-0.05, 0) is 6.42 Å². The van der Waals surface area contributed by atoms with Gasteiger partial charge < -0.3 is 31.7 Å². The highest BCUT2D eigenvalue weighted by Crippen LogP contribution is 2.00. The van der Waals surface area contributed by atoms with Crippen molar-refractivity contribution in [2.75, 3.05) is 12.4 Å². The maximum Gasteiger partial charge on any atom is 0.326 e. The highest BCUT2D eigenvalue weighted by molar-refractivity contribution is 7.80. The first kappa shape index (κ1) is 20.1. The van der Waals surface area contributed by atoms with Crippen molar-refractivity contribution in [3.8, 4) is 0 Å². The molecule has 3 unspecified atom stereocenters. The molecule has 0 aliphatic rings. The third kappa shape index (κ3) is 7.24. The number of carboxylic acid groups (broad SMARTS) is 2. The number of aliphatic carboxylic acids is 2. The Morgan fingerprint density at radius 2 is 1.59 bits per heavy atom. The third-order valence-electron chi connectivity index (χ3n) is 2.61. The molecule has 0 rings (SSSR count). The summed E-state index contributed by atoms with van der Waals surface area (Å²) in [6.07, 6.45) is -0.746. The van der Waals surface area contributed by atoms with E-state index in [2.05, 4.69) is 23.3 Å². The number of nitrogens with one attached hydrogen (secondary N) is 2. The zero-order chi connectivity index (χ0) is 17.3. The molecule has 0 bridgehead atoms. The number of rotatable bonds is 10. The van der Waals surface area contributed by atoms with E-state index < -0.39 is 54.9 Å². The van der Waals surface area contributed by atoms with E-state index in [0.717, 1.165) is 0 Å². The molecule has 0 saturated carbocycles. The predicted octanol–water partition coefficient (Wildman–Crippen LogP) is -2.85. The minimum atomic E-state index is -1.41. The summed E-state index contributed by atoms with van der Waals surface area (Å²) < 4.78 is 0. The minimum absolute atomic E-state index is 0.138. The number of carbonyl (C=O) groups is 4. The average Bonchev–Trinajstić information content (AvgIpc) is 2.46. The molecular formula is C11H19N3O7S. The quantitative estimate of drug-likeness (QED) is 0.208. The van der Waals surface area contributed by atoms with Crippen LogP contribution in [0.2, 0.25) is 0 Å². The number of amides is 2. The topological polar surface area (TPSA) is 179 Å². The zero-order valence-corrected chi connectivity index (χ0v) is 12.5. The predicted molar refractivity (Wildman–Crippen MR) is 77.3 cm³/mol. The molecule has 0 aliphatic carbocycles. The van der Waals surface area contributed by atoms with Crippen LogP contribution in [0.1, 0.15) is 12.8 Å². The van der Waals surface area contributed by atoms with E-state index >= 15 is 0 Å². The highest BCUT2D eigenvalue weighted by Gasteiger charge is 2.27. The van der Waals surface area contributed by atoms with Gasteiger partial charge in [-0.25, -0.2) is 4.79 Å². The summed E-state index contributed by atoms with van der Waals surface area (Å²) in [5, 5.41) is 30.5. The summed E-state index contributed by atoms with van der Waals surface area (Å²) in [5.74, 6) is -4.37. The number of carbonyl (C=O) groups excluding carboxylic acids is 2. The SMILES string of the molecule is NC(CO)C(=O)NC(CS)C(=O)NC(CCC(=O)O)C(=O)O. The molecule has 0 aromatic heterocycles. The third-order valence-corrected chi connectivity index (χ3v) is 2.98. The van der Waals surface area contributed by atoms with Crippen molar-refractivity contribution in [3.05, 3.63) is 0 Å². The fraction of sp³-hybridized carbons (Fsp3) is 0.636. The Morgan fingerprint density at radius 3 is 2.00 bits per heavy atom. The summed E-state index contributed by atoms with van der Waals surface area (Å²) in [4.78, 5) is 44.8. The van der Waals surface area contributed by atoms with Crippen LogP contribution < -0.4 is 16.4 Å². The first-order chi connectivity index (χ1) is 10.2. The second kappa shape index (κ2) is 9.97. The maximum atomic E-state index is 11.9. The summed E-state index contributed by atoms with van der Waals surface area (Å²) in [7, 11) is 0. The van der Waals surface area contributed by atoms with Crippen LogP contribution >= 0.6 is 12.6 Å². The van der Waals surface area contributed by atoms with Crippen molar-refractivity contribution < 1.29 is 34.5 Å². The van der Waals surface area contributed by atoms with Crippen LogP contribution in [0.4, 0.5) is 0 Å². The fourth-order valence-corrected chi connectivity index (χ4v) is 1.61. The van der Waals surface area contributed by atoms with Crippen molar-refractivity contribution in [1.29, 1.82) is 0 Å². The molecule has 0 radical (unpaired) electrons. The van der Waals surface area contributed by atoms with E-state index in [0.29, 0.717) is 0 Å². The average molecular weight is 337 g/mol. The largest absolute Gasteiger partial charge is 0.481 e. The molecule has 22 heavy (non-hydrogen) atoms. The monoisotopic (exact) mass is 337 g/mol. The molecule has 7 N–H and O–H groups in total. The molecule has 0 spiro atoms. The number of hydrogen-bond acceptors (Lipinski definition) is 7. The number of carboxylic acids is 2. The van der Waals surface area contributed by atoms with E-state index in [9.17, 15) is 19.2 Å². The molecule has 11 heteroatoms. The lowest BCUT2D eigenvalue weighted by molar-refractivity contribution is -0.143. The van der Waals surface area contributed by atoms with E-state index in [1.807, 2.05) is 0 Å². The Labute approximate surface area is 131 Å². The highest BCUT2D eigenvalue weighted by atomic mass is 32.1. The van der Waals surface area contributed by atoms with E-state index in [-0.39, 0.29) is 12.2 Å². The van der Waals surface area contributed by atoms with Crippen LogP contribution in [0.25, 0.3) is 0 Å². The van der Waals surface area contributed by atoms with Crippen molar-refractivity contribution in [2.45, 2.75) is 31.0 Å². The summed E-state index contributed by atoms with van der Waals surface area (Å²) in [5.41, 5.74) is 5.27. The fourth-order valence-electron chi connectivity index (χ4n) is 1.35. The Balaban J connectivity index is 4.70. The molecular weight excluding hydrogens is 318 g/mol. The maximum absolute atomic E-state index is 11.9. The van der Waals surface area contributed by atoms with Gasteiger partial charge in [-0.3, -0.25) is 14.4 Å². The second-order valence-corrected chi connectivity index (χ2v) is 4.73. The standard InChI is InChI=1S/C11H19N3O7S/c12-5(3-15)9(18)14-7(4-22)10(19)13-6(11(20)21)1-2-8(16)17/h5-7,15,22H,1-4,12H2,(H,13,19)(H,14,18)(H,16,17)(H,20,21). The molecule has 0 aliphatic heterocycles. The van der Waals surface area contributed by atoms with Gasteiger partial charge in [-0.15, -0.1) is 0 Å². The van der Waals surface area contributed by atoms with Crippen LogP contribution in [0.5, 0.6) is 0 Å². The summed E-state index contributed by atoms with van der Waals surface area (Å²) in [6.45, 7) is -0.622. The van der Waals surface area contributed by atoms with Gasteiger partial charge in [0.15, 0.2) is 0 Å². The Hall–Kier alpha value is -1.85. The molecule has 0 aromatic rings. The van der Waals surface area contributed by atoms with Gasteiger partial charge in [-0.2, -0.15) is 12.6 Å². The lowest BCUT2D eigenvalue weighted by atomic mass is 10.1. The van der Waals surface area contributed by atoms with Gasteiger partial charge in [0, 0.05) is 12.2 Å². The molecule has 10 nitrogen and oxygen atoms in total. The first-order valence-electron chi connectivity index (χ1n) is 6.25. The molecule has 0 heterocycles. The van der Waals surface area contributed by atoms with Gasteiger partial charge in [0.25, 0.3) is 0 Å². The van der Waals surface area contributed by atoms with Crippen LogP contribution in [0, 0.1) is 0 Å². The van der Waals surface area contributed by atoms with Crippen molar-refractivity contribution in [3.63, 3.8) is 0 Å². The van der Waals surface area contributed by atoms with E-state index in [1.54, 1.807) is 0 Å². The Bertz CT molecular complexity index is 432. The summed E-state index contributed by atoms with van der Waals surface area (Å²) >= 11 is 3.87. The molecule has 2 amide bonds. The zero-order valence-electron chi connectivity index (χ0n) is 11.6. The van der Waals surface area contributed by atoms with Crippen LogP contribution in [0.3, 0.4) is 0 Å². The van der Waals surface area contributed by atoms with Crippen LogP contribution in [0.15, 0.2) is 0 Å². The number of aliphatic hydroxyl groups excluding tert-OH is 1. The van der Waals surface area contributed by atoms with E-state index in [4.69, 9.17) is 21.1 Å². The summed E-state index contributed by atoms with van der Waals surface area (Å²) in [6, 6.07) is -3.80. The van der Waals surface area contributed by atoms with Crippen molar-refractivity contribution >= 4 is 36.4 Å². The van der Waals surface area contributed by atoms with Crippen molar-refractivity contribution in [1.82, 2.24) is 10.6 Å². The van der Waals surface area contributed by atoms with E-state index in [1.165, 1.54) is 0 Å². The molecule has 126 valence electrons. The smallest absolute Gasteiger partial charge is 0.326 e. The van der Waals surface area contributed by atoms with Gasteiger partial charge >= 0.3 is 11.9 Å². The van der Waals surface area contributed by atoms with Crippen molar-refractivity contribution in [2.24, 2.45) is 5.73 Å². The molecule has 0 fully saturated rings. The minimum Gasteiger partial charge on any atom is -0.481 e. The van der Waals surface area contributed by atoms with Gasteiger partial charge in [-0.1, -0.05) is 0 Å². The number of aliphatic hydroxyl groups is 1. The Kier molecular flexibility index (Phi) is 9.13. The van der Waals surface area contributed by atoms with Gasteiger partial charge in [0.1, 0.15) is 18.1 Å². The van der Waals surface area contributed by atoms with Crippen LogP contribution in [-0.2, 0) is 19.2 Å². The number of nitrogens with two attached hydrogens (primary N) is 1. The lowest BCUT2D eigenvalue weighted by Gasteiger charge is -2.21. The van der Waals surface area contributed by atoms with Gasteiger partial charge in [0.05, 0.1) is 6.61 Å². The number of thiol groups is 1. The normalized spacial score (nSPS) is 14.5. The molecule has 3 atom stereocenters. The first-order valence-corrected chi connectivity index (χ1v) is 6.88. The second-order valence-electron chi connectivity index (χ2n) is 4.36. The molecule has 0 aromatic carbocycles. The van der Waals surface area contributed by atoms with Gasteiger partial charge in [0.2, 0.25) is 11.8 Å². The lowest BCUT2D eigenvalue weighted by Crippen LogP contribution is -2.55. The number of hydrogen-bond donors (Lipinski definition) is 7.